The van der Waals surface area contributed by atoms with Gasteiger partial charge in [-0.15, -0.1) is 0 Å². The van der Waals surface area contributed by atoms with E-state index in [9.17, 15) is 9.59 Å². The Hall–Kier alpha value is -1.30. The number of ether oxygens (including phenoxy) is 1. The minimum atomic E-state index is -0.553. The van der Waals surface area contributed by atoms with Crippen LogP contribution in [-0.4, -0.2) is 34.6 Å². The molecule has 2 rings (SSSR count). The molecule has 1 aliphatic heterocycles. The Morgan fingerprint density at radius 3 is 2.56 bits per heavy atom. The van der Waals surface area contributed by atoms with Gasteiger partial charge in [-0.1, -0.05) is 0 Å². The lowest BCUT2D eigenvalue weighted by Gasteiger charge is -2.35. The Bertz CT molecular complexity index is 364. The molecule has 0 aromatic carbocycles. The number of carbonyl (C=O) groups excluding carboxylic acids is 2. The normalized spacial score (nSPS) is 30.4. The number of likely N-dealkylation sites (tertiary alicyclic amines) is 1. The van der Waals surface area contributed by atoms with Gasteiger partial charge in [-0.25, -0.2) is 10.6 Å². The molecule has 0 aromatic heterocycles. The van der Waals surface area contributed by atoms with E-state index in [1.807, 2.05) is 20.8 Å². The van der Waals surface area contributed by atoms with Gasteiger partial charge in [0, 0.05) is 6.04 Å². The first-order valence-electron chi connectivity index (χ1n) is 6.35. The van der Waals surface area contributed by atoms with Gasteiger partial charge in [-0.3, -0.25) is 15.1 Å². The third-order valence-corrected chi connectivity index (χ3v) is 3.60. The Morgan fingerprint density at radius 2 is 2.00 bits per heavy atom. The van der Waals surface area contributed by atoms with Crippen molar-refractivity contribution in [1.82, 2.24) is 10.3 Å². The maximum Gasteiger partial charge on any atom is 0.411 e. The number of piperidine rings is 1. The smallest absolute Gasteiger partial charge is 0.411 e. The molecule has 2 aliphatic rings. The van der Waals surface area contributed by atoms with E-state index >= 15 is 0 Å². The zero-order valence-corrected chi connectivity index (χ0v) is 11.1. The Labute approximate surface area is 107 Å². The van der Waals surface area contributed by atoms with Crippen LogP contribution in [0, 0.1) is 5.92 Å². The van der Waals surface area contributed by atoms with Crippen molar-refractivity contribution < 1.29 is 14.3 Å². The number of nitrogens with one attached hydrogen (secondary N) is 1. The van der Waals surface area contributed by atoms with E-state index in [1.165, 1.54) is 0 Å². The molecule has 6 heteroatoms. The summed E-state index contributed by atoms with van der Waals surface area (Å²) in [5.41, 5.74) is 1.60. The highest BCUT2D eigenvalue weighted by atomic mass is 16.6. The second-order valence-corrected chi connectivity index (χ2v) is 6.07. The zero-order valence-electron chi connectivity index (χ0n) is 11.1. The molecule has 1 heterocycles. The molecule has 0 spiro atoms. The van der Waals surface area contributed by atoms with E-state index in [2.05, 4.69) is 5.43 Å². The van der Waals surface area contributed by atoms with Gasteiger partial charge in [0.2, 0.25) is 0 Å². The Balaban J connectivity index is 2.14. The van der Waals surface area contributed by atoms with E-state index in [-0.39, 0.29) is 17.9 Å². The van der Waals surface area contributed by atoms with Crippen molar-refractivity contribution >= 4 is 12.0 Å². The SMILES string of the molecule is CC(C)(C)OC(=O)N1[C@@H]2CC[C@@H](C2)[C@H]1C(=O)NN. The predicted octanol–water partition coefficient (Wildman–Crippen LogP) is 0.764. The molecule has 6 nitrogen and oxygen atoms in total. The topological polar surface area (TPSA) is 84.7 Å². The average Bonchev–Trinajstić information content (AvgIpc) is 2.84. The van der Waals surface area contributed by atoms with Crippen molar-refractivity contribution in [3.8, 4) is 0 Å². The Kier molecular flexibility index (Phi) is 3.23. The van der Waals surface area contributed by atoms with Gasteiger partial charge in [0.1, 0.15) is 11.6 Å². The number of fused-ring (bicyclic) bond motifs is 2. The van der Waals surface area contributed by atoms with Crippen LogP contribution in [0.1, 0.15) is 40.0 Å². The fourth-order valence-corrected chi connectivity index (χ4v) is 2.99. The minimum absolute atomic E-state index is 0.118. The third-order valence-electron chi connectivity index (χ3n) is 3.60. The molecule has 1 saturated carbocycles. The molecular formula is C12H21N3O3. The first-order chi connectivity index (χ1) is 8.33. The van der Waals surface area contributed by atoms with Crippen molar-refractivity contribution in [2.75, 3.05) is 0 Å². The molecular weight excluding hydrogens is 234 g/mol. The lowest BCUT2D eigenvalue weighted by Crippen LogP contribution is -2.55. The number of hydrogen-bond donors (Lipinski definition) is 2. The number of hydrogen-bond acceptors (Lipinski definition) is 4. The summed E-state index contributed by atoms with van der Waals surface area (Å²) >= 11 is 0. The number of amides is 2. The van der Waals surface area contributed by atoms with E-state index in [4.69, 9.17) is 10.6 Å². The quantitative estimate of drug-likeness (QED) is 0.411. The fraction of sp³-hybridized carbons (Fsp3) is 0.833. The molecule has 3 atom stereocenters. The largest absolute Gasteiger partial charge is 0.444 e. The number of nitrogens with zero attached hydrogens (tertiary/aromatic N) is 1. The van der Waals surface area contributed by atoms with Gasteiger partial charge in [0.05, 0.1) is 0 Å². The van der Waals surface area contributed by atoms with Gasteiger partial charge in [-0.2, -0.15) is 0 Å². The summed E-state index contributed by atoms with van der Waals surface area (Å²) in [6.07, 6.45) is 2.38. The van der Waals surface area contributed by atoms with Crippen LogP contribution in [0.3, 0.4) is 0 Å². The van der Waals surface area contributed by atoms with E-state index in [0.717, 1.165) is 19.3 Å². The lowest BCUT2D eigenvalue weighted by atomic mass is 9.98. The molecule has 1 saturated heterocycles. The molecule has 2 fully saturated rings. The van der Waals surface area contributed by atoms with Crippen LogP contribution in [0.4, 0.5) is 4.79 Å². The predicted molar refractivity (Wildman–Crippen MR) is 65.3 cm³/mol. The van der Waals surface area contributed by atoms with Gasteiger partial charge < -0.3 is 4.74 Å². The molecule has 18 heavy (non-hydrogen) atoms. The van der Waals surface area contributed by atoms with Crippen LogP contribution >= 0.6 is 0 Å². The molecule has 1 aliphatic carbocycles. The maximum atomic E-state index is 12.2. The molecule has 3 N–H and O–H groups in total. The van der Waals surface area contributed by atoms with Gasteiger partial charge >= 0.3 is 6.09 Å². The highest BCUT2D eigenvalue weighted by molar-refractivity contribution is 5.86. The monoisotopic (exact) mass is 255 g/mol. The first-order valence-corrected chi connectivity index (χ1v) is 6.35. The van der Waals surface area contributed by atoms with Crippen LogP contribution < -0.4 is 11.3 Å². The van der Waals surface area contributed by atoms with Crippen molar-refractivity contribution in [1.29, 1.82) is 0 Å². The van der Waals surface area contributed by atoms with E-state index in [0.29, 0.717) is 0 Å². The molecule has 2 bridgehead atoms. The first kappa shape index (κ1) is 13.1. The summed E-state index contributed by atoms with van der Waals surface area (Å²) in [4.78, 5) is 25.5. The fourth-order valence-electron chi connectivity index (χ4n) is 2.99. The second-order valence-electron chi connectivity index (χ2n) is 6.07. The summed E-state index contributed by atoms with van der Waals surface area (Å²) < 4.78 is 5.37. The lowest BCUT2D eigenvalue weighted by molar-refractivity contribution is -0.128. The van der Waals surface area contributed by atoms with E-state index < -0.39 is 17.7 Å². The summed E-state index contributed by atoms with van der Waals surface area (Å²) in [6, 6.07) is -0.351. The molecule has 0 unspecified atom stereocenters. The Morgan fingerprint density at radius 1 is 1.33 bits per heavy atom. The number of rotatable bonds is 1. The minimum Gasteiger partial charge on any atom is -0.444 e. The molecule has 0 aromatic rings. The second kappa shape index (κ2) is 4.42. The number of carbonyl (C=O) groups is 2. The van der Waals surface area contributed by atoms with Crippen LogP contribution in [0.15, 0.2) is 0 Å². The van der Waals surface area contributed by atoms with Crippen molar-refractivity contribution in [2.45, 2.75) is 57.7 Å². The van der Waals surface area contributed by atoms with Crippen LogP contribution in [0.25, 0.3) is 0 Å². The van der Waals surface area contributed by atoms with Crippen molar-refractivity contribution in [2.24, 2.45) is 11.8 Å². The van der Waals surface area contributed by atoms with Crippen molar-refractivity contribution in [3.63, 3.8) is 0 Å². The van der Waals surface area contributed by atoms with Gasteiger partial charge in [0.25, 0.3) is 5.91 Å². The van der Waals surface area contributed by atoms with Crippen LogP contribution in [0.5, 0.6) is 0 Å². The van der Waals surface area contributed by atoms with E-state index in [1.54, 1.807) is 4.90 Å². The van der Waals surface area contributed by atoms with Gasteiger partial charge in [0.15, 0.2) is 0 Å². The zero-order chi connectivity index (χ0) is 13.5. The number of nitrogens with two attached hydrogens (primary N) is 1. The average molecular weight is 255 g/mol. The summed E-state index contributed by atoms with van der Waals surface area (Å²) in [7, 11) is 0. The number of hydrazine groups is 1. The summed E-state index contributed by atoms with van der Waals surface area (Å²) in [6.45, 7) is 5.45. The van der Waals surface area contributed by atoms with Crippen molar-refractivity contribution in [3.05, 3.63) is 0 Å². The summed E-state index contributed by atoms with van der Waals surface area (Å²) in [5, 5.41) is 0. The molecule has 102 valence electrons. The summed E-state index contributed by atoms with van der Waals surface area (Å²) in [5.74, 6) is 5.11. The van der Waals surface area contributed by atoms with Gasteiger partial charge in [-0.05, 0) is 46.0 Å². The standard InChI is InChI=1S/C12H21N3O3/c1-12(2,3)18-11(17)15-8-5-4-7(6-8)9(15)10(16)14-13/h7-9H,4-6,13H2,1-3H3,(H,14,16)/t7-,8+,9-/m0/s1. The molecule has 0 radical (unpaired) electrons. The van der Waals surface area contributed by atoms with Crippen LogP contribution in [0.2, 0.25) is 0 Å². The third kappa shape index (κ3) is 2.29. The highest BCUT2D eigenvalue weighted by Crippen LogP contribution is 2.43. The molecule has 2 amide bonds. The van der Waals surface area contributed by atoms with Crippen LogP contribution in [-0.2, 0) is 9.53 Å². The maximum absolute atomic E-state index is 12.2. The highest BCUT2D eigenvalue weighted by Gasteiger charge is 2.52.